The van der Waals surface area contributed by atoms with Crippen LogP contribution in [0.25, 0.3) is 0 Å². The quantitative estimate of drug-likeness (QED) is 0.764. The second kappa shape index (κ2) is 5.51. The van der Waals surface area contributed by atoms with Crippen LogP contribution in [0.1, 0.15) is 5.56 Å². The first-order valence-electron chi connectivity index (χ1n) is 3.89. The average Bonchev–Trinajstić information content (AvgIpc) is 2.15. The van der Waals surface area contributed by atoms with Crippen molar-refractivity contribution in [3.8, 4) is 5.75 Å². The van der Waals surface area contributed by atoms with E-state index >= 15 is 0 Å². The summed E-state index contributed by atoms with van der Waals surface area (Å²) in [6, 6.07) is 5.08. The van der Waals surface area contributed by atoms with Gasteiger partial charge in [-0.25, -0.2) is 8.78 Å². The summed E-state index contributed by atoms with van der Waals surface area (Å²) in [4.78, 5) is 0. The Bertz CT molecular complexity index is 307. The van der Waals surface area contributed by atoms with Crippen LogP contribution in [0.2, 0.25) is 0 Å². The smallest absolute Gasteiger partial charge is 0.272 e. The third-order valence-corrected chi connectivity index (χ3v) is 2.31. The maximum Gasteiger partial charge on any atom is 0.272 e. The topological polar surface area (TPSA) is 9.23 Å². The van der Waals surface area contributed by atoms with Gasteiger partial charge in [0.05, 0.1) is 5.88 Å². The third-order valence-electron chi connectivity index (χ3n) is 1.53. The molecular weight excluding hydrogens is 277 g/mol. The molecule has 14 heavy (non-hydrogen) atoms. The van der Waals surface area contributed by atoms with Gasteiger partial charge in [0.25, 0.3) is 6.43 Å². The fourth-order valence-corrected chi connectivity index (χ4v) is 1.56. The summed E-state index contributed by atoms with van der Waals surface area (Å²) in [6.45, 7) is -0.606. The Labute approximate surface area is 94.1 Å². The first-order valence-corrected chi connectivity index (χ1v) is 5.21. The number of hydrogen-bond acceptors (Lipinski definition) is 1. The molecule has 0 atom stereocenters. The standard InChI is InChI=1S/C9H8BrClF2O/c10-7-1-2-8(6(3-7)4-11)14-5-9(12)13/h1-3,9H,4-5H2. The highest BCUT2D eigenvalue weighted by Crippen LogP contribution is 2.24. The lowest BCUT2D eigenvalue weighted by atomic mass is 10.2. The van der Waals surface area contributed by atoms with Crippen molar-refractivity contribution in [3.63, 3.8) is 0 Å². The molecule has 0 N–H and O–H groups in total. The number of rotatable bonds is 4. The van der Waals surface area contributed by atoms with Crippen molar-refractivity contribution < 1.29 is 13.5 Å². The van der Waals surface area contributed by atoms with Crippen LogP contribution in [-0.2, 0) is 5.88 Å². The molecule has 0 aliphatic heterocycles. The highest BCUT2D eigenvalue weighted by atomic mass is 79.9. The van der Waals surface area contributed by atoms with Gasteiger partial charge in [0, 0.05) is 10.0 Å². The molecular formula is C9H8BrClF2O. The second-order valence-electron chi connectivity index (χ2n) is 2.59. The average molecular weight is 286 g/mol. The van der Waals surface area contributed by atoms with Gasteiger partial charge in [-0.2, -0.15) is 0 Å². The molecule has 0 aromatic heterocycles. The van der Waals surface area contributed by atoms with Crippen molar-refractivity contribution >= 4 is 27.5 Å². The highest BCUT2D eigenvalue weighted by Gasteiger charge is 2.07. The number of benzene rings is 1. The minimum absolute atomic E-state index is 0.234. The Hall–Kier alpha value is -0.350. The number of hydrogen-bond donors (Lipinski definition) is 0. The Kier molecular flexibility index (Phi) is 4.62. The molecule has 0 bridgehead atoms. The molecule has 1 aromatic carbocycles. The minimum atomic E-state index is -2.47. The zero-order valence-electron chi connectivity index (χ0n) is 7.14. The van der Waals surface area contributed by atoms with Crippen LogP contribution in [-0.4, -0.2) is 13.0 Å². The largest absolute Gasteiger partial charge is 0.487 e. The van der Waals surface area contributed by atoms with Crippen LogP contribution >= 0.6 is 27.5 Å². The van der Waals surface area contributed by atoms with Gasteiger partial charge in [-0.05, 0) is 18.2 Å². The molecule has 1 aromatic rings. The molecule has 0 unspecified atom stereocenters. The highest BCUT2D eigenvalue weighted by molar-refractivity contribution is 9.10. The summed E-state index contributed by atoms with van der Waals surface area (Å²) < 4.78 is 29.5. The van der Waals surface area contributed by atoms with Crippen LogP contribution < -0.4 is 4.74 Å². The van der Waals surface area contributed by atoms with Gasteiger partial charge in [0.15, 0.2) is 0 Å². The molecule has 1 nitrogen and oxygen atoms in total. The predicted octanol–water partition coefficient (Wildman–Crippen LogP) is 3.83. The van der Waals surface area contributed by atoms with E-state index in [0.29, 0.717) is 11.3 Å². The molecule has 0 heterocycles. The van der Waals surface area contributed by atoms with E-state index in [-0.39, 0.29) is 5.88 Å². The second-order valence-corrected chi connectivity index (χ2v) is 3.77. The maximum absolute atomic E-state index is 11.9. The van der Waals surface area contributed by atoms with E-state index in [1.54, 1.807) is 18.2 Å². The molecule has 0 amide bonds. The molecule has 0 spiro atoms. The summed E-state index contributed by atoms with van der Waals surface area (Å²) in [5.74, 6) is 0.640. The Morgan fingerprint density at radius 3 is 2.71 bits per heavy atom. The van der Waals surface area contributed by atoms with Crippen LogP contribution in [0, 0.1) is 0 Å². The molecule has 1 rings (SSSR count). The van der Waals surface area contributed by atoms with E-state index in [2.05, 4.69) is 15.9 Å². The summed E-state index contributed by atoms with van der Waals surface area (Å²) in [5.41, 5.74) is 0.696. The van der Waals surface area contributed by atoms with Crippen LogP contribution in [0.15, 0.2) is 22.7 Å². The number of ether oxygens (including phenoxy) is 1. The van der Waals surface area contributed by atoms with Gasteiger partial charge in [0.1, 0.15) is 12.4 Å². The van der Waals surface area contributed by atoms with E-state index in [0.717, 1.165) is 4.47 Å². The fourth-order valence-electron chi connectivity index (χ4n) is 0.946. The van der Waals surface area contributed by atoms with Crippen molar-refractivity contribution in [2.24, 2.45) is 0 Å². The molecule has 0 saturated carbocycles. The number of alkyl halides is 3. The monoisotopic (exact) mass is 284 g/mol. The third kappa shape index (κ3) is 3.42. The van der Waals surface area contributed by atoms with Gasteiger partial charge >= 0.3 is 0 Å². The van der Waals surface area contributed by atoms with Crippen molar-refractivity contribution in [2.45, 2.75) is 12.3 Å². The number of halogens is 4. The van der Waals surface area contributed by atoms with E-state index in [4.69, 9.17) is 16.3 Å². The van der Waals surface area contributed by atoms with E-state index in [9.17, 15) is 8.78 Å². The lowest BCUT2D eigenvalue weighted by Gasteiger charge is -2.09. The predicted molar refractivity (Wildman–Crippen MR) is 55.2 cm³/mol. The molecule has 0 fully saturated rings. The summed E-state index contributed by atoms with van der Waals surface area (Å²) in [6.07, 6.45) is -2.47. The fraction of sp³-hybridized carbons (Fsp3) is 0.333. The SMILES string of the molecule is FC(F)COc1ccc(Br)cc1CCl. The van der Waals surface area contributed by atoms with Gasteiger partial charge in [-0.15, -0.1) is 11.6 Å². The molecule has 0 radical (unpaired) electrons. The molecule has 0 saturated heterocycles. The molecule has 0 aliphatic carbocycles. The molecule has 5 heteroatoms. The first-order chi connectivity index (χ1) is 6.63. The van der Waals surface area contributed by atoms with Gasteiger partial charge in [0.2, 0.25) is 0 Å². The first kappa shape index (κ1) is 11.7. The summed E-state index contributed by atoms with van der Waals surface area (Å²) >= 11 is 8.89. The molecule has 0 aliphatic rings. The van der Waals surface area contributed by atoms with Crippen molar-refractivity contribution in [2.75, 3.05) is 6.61 Å². The Balaban J connectivity index is 2.75. The van der Waals surface area contributed by atoms with E-state index in [1.165, 1.54) is 0 Å². The zero-order valence-corrected chi connectivity index (χ0v) is 9.49. The van der Waals surface area contributed by atoms with Gasteiger partial charge in [-0.1, -0.05) is 15.9 Å². The van der Waals surface area contributed by atoms with Gasteiger partial charge < -0.3 is 4.74 Å². The minimum Gasteiger partial charge on any atom is -0.487 e. The summed E-state index contributed by atoms with van der Waals surface area (Å²) in [5, 5.41) is 0. The van der Waals surface area contributed by atoms with Gasteiger partial charge in [-0.3, -0.25) is 0 Å². The van der Waals surface area contributed by atoms with Crippen LogP contribution in [0.3, 0.4) is 0 Å². The zero-order chi connectivity index (χ0) is 10.6. The lowest BCUT2D eigenvalue weighted by Crippen LogP contribution is -2.08. The van der Waals surface area contributed by atoms with Crippen LogP contribution in [0.5, 0.6) is 5.75 Å². The Morgan fingerprint density at radius 2 is 2.14 bits per heavy atom. The van der Waals surface area contributed by atoms with Crippen molar-refractivity contribution in [1.29, 1.82) is 0 Å². The lowest BCUT2D eigenvalue weighted by molar-refractivity contribution is 0.0815. The van der Waals surface area contributed by atoms with E-state index < -0.39 is 13.0 Å². The van der Waals surface area contributed by atoms with Crippen LogP contribution in [0.4, 0.5) is 8.78 Å². The van der Waals surface area contributed by atoms with E-state index in [1.807, 2.05) is 0 Å². The maximum atomic E-state index is 11.9. The van der Waals surface area contributed by atoms with Crippen molar-refractivity contribution in [3.05, 3.63) is 28.2 Å². The summed E-state index contributed by atoms with van der Waals surface area (Å²) in [7, 11) is 0. The molecule has 78 valence electrons. The Morgan fingerprint density at radius 1 is 1.43 bits per heavy atom. The normalized spacial score (nSPS) is 10.6. The van der Waals surface area contributed by atoms with Crippen molar-refractivity contribution in [1.82, 2.24) is 0 Å².